The topological polar surface area (TPSA) is 92.3 Å². The molecule has 2 rings (SSSR count). The Bertz CT molecular complexity index is 973. The van der Waals surface area contributed by atoms with Gasteiger partial charge in [-0.3, -0.25) is 14.2 Å². The van der Waals surface area contributed by atoms with Gasteiger partial charge in [0.2, 0.25) is 11.7 Å². The first-order valence-electron chi connectivity index (χ1n) is 8.60. The summed E-state index contributed by atoms with van der Waals surface area (Å²) in [6, 6.07) is 6.84. The molecule has 0 fully saturated rings. The predicted molar refractivity (Wildman–Crippen MR) is 103 cm³/mol. The highest BCUT2D eigenvalue weighted by molar-refractivity contribution is 6.31. The second-order valence-corrected chi connectivity index (χ2v) is 6.65. The number of aromatic nitrogens is 1. The van der Waals surface area contributed by atoms with Crippen LogP contribution in [-0.2, 0) is 6.54 Å². The van der Waals surface area contributed by atoms with E-state index >= 15 is 0 Å². The maximum absolute atomic E-state index is 12.7. The van der Waals surface area contributed by atoms with Crippen LogP contribution >= 0.6 is 11.6 Å². The van der Waals surface area contributed by atoms with Gasteiger partial charge in [0.15, 0.2) is 6.61 Å². The number of nitriles is 1. The predicted octanol–water partition coefficient (Wildman–Crippen LogP) is 3.76. The van der Waals surface area contributed by atoms with Crippen LogP contribution in [0.15, 0.2) is 23.0 Å². The van der Waals surface area contributed by atoms with Gasteiger partial charge in [0.25, 0.3) is 5.56 Å². The number of aromatic hydroxyl groups is 1. The molecule has 7 heteroatoms. The van der Waals surface area contributed by atoms with Crippen LogP contribution in [0.1, 0.15) is 46.8 Å². The highest BCUT2D eigenvalue weighted by atomic mass is 35.5. The number of Topliss-reactive ketones (excluding diaryl/α,β-unsaturated/α-hetero) is 1. The smallest absolute Gasteiger partial charge is 0.271 e. The third-order valence-corrected chi connectivity index (χ3v) is 4.74. The van der Waals surface area contributed by atoms with Gasteiger partial charge in [-0.25, -0.2) is 0 Å². The zero-order valence-corrected chi connectivity index (χ0v) is 16.3. The van der Waals surface area contributed by atoms with E-state index in [0.717, 1.165) is 16.6 Å². The summed E-state index contributed by atoms with van der Waals surface area (Å²) in [5.74, 6) is -0.479. The van der Waals surface area contributed by atoms with Gasteiger partial charge < -0.3 is 9.84 Å². The third kappa shape index (κ3) is 4.32. The van der Waals surface area contributed by atoms with Crippen LogP contribution in [0.3, 0.4) is 0 Å². The molecule has 0 unspecified atom stereocenters. The number of rotatable bonds is 7. The minimum Gasteiger partial charge on any atom is -0.494 e. The fourth-order valence-corrected chi connectivity index (χ4v) is 2.85. The lowest BCUT2D eigenvalue weighted by atomic mass is 10.0. The molecule has 0 aliphatic heterocycles. The first-order valence-corrected chi connectivity index (χ1v) is 8.98. The Balaban J connectivity index is 2.38. The number of halogens is 1. The van der Waals surface area contributed by atoms with Crippen LogP contribution in [-0.4, -0.2) is 22.1 Å². The van der Waals surface area contributed by atoms with Gasteiger partial charge >= 0.3 is 0 Å². The molecule has 1 aromatic heterocycles. The number of unbranched alkanes of at least 4 members (excludes halogenated alkanes) is 1. The van der Waals surface area contributed by atoms with Crippen molar-refractivity contribution in [3.05, 3.63) is 55.8 Å². The summed E-state index contributed by atoms with van der Waals surface area (Å²) in [7, 11) is 0. The maximum atomic E-state index is 12.7. The molecule has 27 heavy (non-hydrogen) atoms. The summed E-state index contributed by atoms with van der Waals surface area (Å²) in [5.41, 5.74) is 0.170. The van der Waals surface area contributed by atoms with Crippen molar-refractivity contribution >= 4 is 17.4 Å². The van der Waals surface area contributed by atoms with E-state index in [9.17, 15) is 20.0 Å². The number of ether oxygens (including phenoxy) is 1. The number of nitrogens with zero attached hydrogens (tertiary/aromatic N) is 2. The van der Waals surface area contributed by atoms with E-state index in [1.165, 1.54) is 6.92 Å². The second-order valence-electron chi connectivity index (χ2n) is 6.24. The highest BCUT2D eigenvalue weighted by Gasteiger charge is 2.24. The zero-order valence-electron chi connectivity index (χ0n) is 15.5. The third-order valence-electron chi connectivity index (χ3n) is 4.31. The monoisotopic (exact) mass is 388 g/mol. The number of aryl methyl sites for hydroxylation is 1. The lowest BCUT2D eigenvalue weighted by molar-refractivity contribution is 0.0916. The molecule has 0 aliphatic rings. The number of carbonyl (C=O) groups is 1. The van der Waals surface area contributed by atoms with E-state index in [-0.39, 0.29) is 29.8 Å². The van der Waals surface area contributed by atoms with Crippen molar-refractivity contribution in [1.82, 2.24) is 4.57 Å². The molecular weight excluding hydrogens is 368 g/mol. The molecule has 2 aromatic rings. The van der Waals surface area contributed by atoms with Crippen LogP contribution in [0.4, 0.5) is 0 Å². The minimum atomic E-state index is -0.591. The van der Waals surface area contributed by atoms with Crippen molar-refractivity contribution in [1.29, 1.82) is 5.26 Å². The van der Waals surface area contributed by atoms with Gasteiger partial charge in [-0.1, -0.05) is 24.9 Å². The number of hydrogen-bond donors (Lipinski definition) is 1. The van der Waals surface area contributed by atoms with Crippen molar-refractivity contribution in [2.75, 3.05) is 6.61 Å². The molecule has 0 spiro atoms. The Kier molecular flexibility index (Phi) is 6.65. The Hall–Kier alpha value is -2.78. The van der Waals surface area contributed by atoms with Crippen LogP contribution < -0.4 is 10.3 Å². The first kappa shape index (κ1) is 20.5. The number of pyridine rings is 1. The Morgan fingerprint density at radius 2 is 2.07 bits per heavy atom. The molecule has 0 saturated heterocycles. The second kappa shape index (κ2) is 8.74. The van der Waals surface area contributed by atoms with Crippen molar-refractivity contribution in [2.24, 2.45) is 0 Å². The van der Waals surface area contributed by atoms with Crippen LogP contribution in [0.25, 0.3) is 0 Å². The van der Waals surface area contributed by atoms with Crippen molar-refractivity contribution < 1.29 is 14.6 Å². The van der Waals surface area contributed by atoms with Crippen molar-refractivity contribution in [2.45, 2.75) is 40.2 Å². The largest absolute Gasteiger partial charge is 0.494 e. The summed E-state index contributed by atoms with van der Waals surface area (Å²) < 4.78 is 6.58. The lowest BCUT2D eigenvalue weighted by Gasteiger charge is -2.15. The standard InChI is InChI=1S/C20H21ClN2O4/c1-4-5-8-23-19(25)15(10-22)13(3)18(20(23)26)17(24)11-27-14-6-7-16(21)12(2)9-14/h6-7,9,26H,4-5,8,11H2,1-3H3. The molecule has 0 bridgehead atoms. The average Bonchev–Trinajstić information content (AvgIpc) is 2.63. The van der Waals surface area contributed by atoms with E-state index < -0.39 is 17.2 Å². The molecule has 0 aliphatic carbocycles. The number of ketones is 1. The fourth-order valence-electron chi connectivity index (χ4n) is 2.74. The molecule has 0 saturated carbocycles. The molecule has 1 N–H and O–H groups in total. The van der Waals surface area contributed by atoms with Crippen LogP contribution in [0, 0.1) is 25.2 Å². The van der Waals surface area contributed by atoms with Gasteiger partial charge in [0.05, 0.1) is 5.56 Å². The first-order chi connectivity index (χ1) is 12.8. The zero-order chi connectivity index (χ0) is 20.1. The van der Waals surface area contributed by atoms with E-state index in [0.29, 0.717) is 17.2 Å². The summed E-state index contributed by atoms with van der Waals surface area (Å²) in [4.78, 5) is 25.1. The molecular formula is C20H21ClN2O4. The van der Waals surface area contributed by atoms with E-state index in [1.54, 1.807) is 18.2 Å². The normalized spacial score (nSPS) is 10.5. The van der Waals surface area contributed by atoms with E-state index in [1.807, 2.05) is 19.9 Å². The Morgan fingerprint density at radius 3 is 2.67 bits per heavy atom. The molecule has 1 aromatic carbocycles. The minimum absolute atomic E-state index is 0.0621. The Labute approximate surface area is 162 Å². The molecule has 6 nitrogen and oxygen atoms in total. The molecule has 0 amide bonds. The average molecular weight is 389 g/mol. The summed E-state index contributed by atoms with van der Waals surface area (Å²) in [5, 5.41) is 20.4. The maximum Gasteiger partial charge on any atom is 0.271 e. The lowest BCUT2D eigenvalue weighted by Crippen LogP contribution is -2.27. The fraction of sp³-hybridized carbons (Fsp3) is 0.350. The van der Waals surface area contributed by atoms with E-state index in [4.69, 9.17) is 16.3 Å². The van der Waals surface area contributed by atoms with Crippen molar-refractivity contribution in [3.63, 3.8) is 0 Å². The number of carbonyl (C=O) groups excluding carboxylic acids is 1. The molecule has 0 atom stereocenters. The highest BCUT2D eigenvalue weighted by Crippen LogP contribution is 2.24. The van der Waals surface area contributed by atoms with Crippen molar-refractivity contribution in [3.8, 4) is 17.7 Å². The number of benzene rings is 1. The van der Waals surface area contributed by atoms with Gasteiger partial charge in [-0.2, -0.15) is 5.26 Å². The molecule has 1 heterocycles. The van der Waals surface area contributed by atoms with E-state index in [2.05, 4.69) is 0 Å². The summed E-state index contributed by atoms with van der Waals surface area (Å²) in [6.07, 6.45) is 1.43. The summed E-state index contributed by atoms with van der Waals surface area (Å²) >= 11 is 5.97. The quantitative estimate of drug-likeness (QED) is 0.729. The van der Waals surface area contributed by atoms with Gasteiger partial charge in [0, 0.05) is 11.6 Å². The van der Waals surface area contributed by atoms with Crippen LogP contribution in [0.5, 0.6) is 11.6 Å². The van der Waals surface area contributed by atoms with Gasteiger partial charge in [0.1, 0.15) is 17.4 Å². The summed E-state index contributed by atoms with van der Waals surface area (Å²) in [6.45, 7) is 5.12. The number of hydrogen-bond acceptors (Lipinski definition) is 5. The van der Waals surface area contributed by atoms with Gasteiger partial charge in [-0.15, -0.1) is 0 Å². The Morgan fingerprint density at radius 1 is 1.37 bits per heavy atom. The van der Waals surface area contributed by atoms with Crippen LogP contribution in [0.2, 0.25) is 5.02 Å². The molecule has 0 radical (unpaired) electrons. The SMILES string of the molecule is CCCCn1c(O)c(C(=O)COc2ccc(Cl)c(C)c2)c(C)c(C#N)c1=O. The molecule has 142 valence electrons. The van der Waals surface area contributed by atoms with Gasteiger partial charge in [-0.05, 0) is 49.6 Å².